The van der Waals surface area contributed by atoms with Crippen molar-refractivity contribution in [2.24, 2.45) is 0 Å². The molecule has 5 heteroatoms. The smallest absolute Gasteiger partial charge is 0.249 e. The standard InChI is InChI=1S/C17H23N3O2/c1-12-10-15(19-16(21)11-13-6-5-9-18-13)17(22)20(12)14-7-3-2-4-8-14/h2-4,7-8,12-13,15,18H,5-6,9-11H2,1H3,(H,19,21). The van der Waals surface area contributed by atoms with Gasteiger partial charge >= 0.3 is 0 Å². The molecule has 3 unspecified atom stereocenters. The highest BCUT2D eigenvalue weighted by atomic mass is 16.2. The highest BCUT2D eigenvalue weighted by molar-refractivity contribution is 6.02. The molecule has 0 radical (unpaired) electrons. The average molecular weight is 301 g/mol. The van der Waals surface area contributed by atoms with Crippen LogP contribution < -0.4 is 15.5 Å². The molecule has 2 N–H and O–H groups in total. The van der Waals surface area contributed by atoms with Gasteiger partial charge in [0.1, 0.15) is 6.04 Å². The molecule has 1 aromatic carbocycles. The Labute approximate surface area is 131 Å². The molecule has 2 aliphatic rings. The maximum Gasteiger partial charge on any atom is 0.249 e. The van der Waals surface area contributed by atoms with E-state index < -0.39 is 6.04 Å². The highest BCUT2D eigenvalue weighted by Gasteiger charge is 2.38. The van der Waals surface area contributed by atoms with Crippen LogP contribution in [0.15, 0.2) is 30.3 Å². The van der Waals surface area contributed by atoms with Crippen molar-refractivity contribution in [1.29, 1.82) is 0 Å². The maximum absolute atomic E-state index is 12.6. The number of para-hydroxylation sites is 1. The summed E-state index contributed by atoms with van der Waals surface area (Å²) in [6, 6.07) is 9.61. The summed E-state index contributed by atoms with van der Waals surface area (Å²) in [4.78, 5) is 26.5. The van der Waals surface area contributed by atoms with Gasteiger partial charge in [-0.15, -0.1) is 0 Å². The fraction of sp³-hybridized carbons (Fsp3) is 0.529. The van der Waals surface area contributed by atoms with Crippen molar-refractivity contribution < 1.29 is 9.59 Å². The molecule has 2 saturated heterocycles. The number of nitrogens with zero attached hydrogens (tertiary/aromatic N) is 1. The SMILES string of the molecule is CC1CC(NC(=O)CC2CCCN2)C(=O)N1c1ccccc1. The Hall–Kier alpha value is -1.88. The van der Waals surface area contributed by atoms with E-state index in [0.29, 0.717) is 12.8 Å². The normalized spacial score (nSPS) is 28.1. The quantitative estimate of drug-likeness (QED) is 0.884. The third-order valence-corrected chi connectivity index (χ3v) is 4.52. The molecule has 2 aliphatic heterocycles. The first-order valence-corrected chi connectivity index (χ1v) is 8.06. The van der Waals surface area contributed by atoms with Crippen LogP contribution in [0.5, 0.6) is 0 Å². The number of hydrogen-bond donors (Lipinski definition) is 2. The van der Waals surface area contributed by atoms with E-state index in [1.165, 1.54) is 0 Å². The number of nitrogens with one attached hydrogen (secondary N) is 2. The number of carbonyl (C=O) groups excluding carboxylic acids is 2. The van der Waals surface area contributed by atoms with E-state index in [1.54, 1.807) is 4.90 Å². The molecule has 3 rings (SSSR count). The second-order valence-corrected chi connectivity index (χ2v) is 6.25. The molecule has 5 nitrogen and oxygen atoms in total. The van der Waals surface area contributed by atoms with Gasteiger partial charge in [-0.1, -0.05) is 18.2 Å². The van der Waals surface area contributed by atoms with Crippen LogP contribution in [-0.4, -0.2) is 36.5 Å². The predicted molar refractivity (Wildman–Crippen MR) is 85.6 cm³/mol. The lowest BCUT2D eigenvalue weighted by Crippen LogP contribution is -2.43. The Kier molecular flexibility index (Phi) is 4.43. The first-order valence-electron chi connectivity index (χ1n) is 8.06. The van der Waals surface area contributed by atoms with E-state index in [4.69, 9.17) is 0 Å². The number of carbonyl (C=O) groups is 2. The Morgan fingerprint density at radius 3 is 2.82 bits per heavy atom. The zero-order valence-corrected chi connectivity index (χ0v) is 12.9. The third kappa shape index (κ3) is 3.14. The Bertz CT molecular complexity index is 540. The number of hydrogen-bond acceptors (Lipinski definition) is 3. The molecule has 3 atom stereocenters. The number of benzene rings is 1. The van der Waals surface area contributed by atoms with Crippen LogP contribution in [0.3, 0.4) is 0 Å². The van der Waals surface area contributed by atoms with Crippen LogP contribution in [0.1, 0.15) is 32.6 Å². The number of anilines is 1. The highest BCUT2D eigenvalue weighted by Crippen LogP contribution is 2.26. The molecular formula is C17H23N3O2. The summed E-state index contributed by atoms with van der Waals surface area (Å²) in [6.45, 7) is 3.01. The molecule has 2 amide bonds. The largest absolute Gasteiger partial charge is 0.344 e. The summed E-state index contributed by atoms with van der Waals surface area (Å²) in [5.74, 6) is -0.0358. The van der Waals surface area contributed by atoms with Crippen molar-refractivity contribution in [3.8, 4) is 0 Å². The van der Waals surface area contributed by atoms with E-state index >= 15 is 0 Å². The first-order chi connectivity index (χ1) is 10.6. The summed E-state index contributed by atoms with van der Waals surface area (Å²) in [7, 11) is 0. The van der Waals surface area contributed by atoms with Gasteiger partial charge < -0.3 is 15.5 Å². The number of rotatable bonds is 4. The number of amides is 2. The van der Waals surface area contributed by atoms with E-state index in [0.717, 1.165) is 25.1 Å². The van der Waals surface area contributed by atoms with Crippen LogP contribution in [0, 0.1) is 0 Å². The van der Waals surface area contributed by atoms with Crippen molar-refractivity contribution in [2.45, 2.75) is 50.7 Å². The fourth-order valence-electron chi connectivity index (χ4n) is 3.43. The van der Waals surface area contributed by atoms with E-state index in [1.807, 2.05) is 37.3 Å². The molecule has 118 valence electrons. The van der Waals surface area contributed by atoms with Crippen molar-refractivity contribution in [3.05, 3.63) is 30.3 Å². The van der Waals surface area contributed by atoms with Gasteiger partial charge in [-0.25, -0.2) is 0 Å². The van der Waals surface area contributed by atoms with Gasteiger partial charge in [-0.3, -0.25) is 9.59 Å². The minimum Gasteiger partial charge on any atom is -0.344 e. The lowest BCUT2D eigenvalue weighted by Gasteiger charge is -2.21. The lowest BCUT2D eigenvalue weighted by molar-refractivity contribution is -0.126. The third-order valence-electron chi connectivity index (χ3n) is 4.52. The second kappa shape index (κ2) is 6.48. The Morgan fingerprint density at radius 2 is 2.14 bits per heavy atom. The van der Waals surface area contributed by atoms with Crippen LogP contribution in [0.2, 0.25) is 0 Å². The minimum absolute atomic E-state index is 0.00793. The van der Waals surface area contributed by atoms with E-state index in [2.05, 4.69) is 10.6 Å². The van der Waals surface area contributed by atoms with E-state index in [-0.39, 0.29) is 23.9 Å². The molecule has 2 fully saturated rings. The van der Waals surface area contributed by atoms with Crippen molar-refractivity contribution >= 4 is 17.5 Å². The molecule has 0 saturated carbocycles. The van der Waals surface area contributed by atoms with Crippen LogP contribution in [-0.2, 0) is 9.59 Å². The topological polar surface area (TPSA) is 61.4 Å². The van der Waals surface area contributed by atoms with Gasteiger partial charge in [-0.05, 0) is 44.9 Å². The van der Waals surface area contributed by atoms with E-state index in [9.17, 15) is 9.59 Å². The zero-order chi connectivity index (χ0) is 15.5. The van der Waals surface area contributed by atoms with Gasteiger partial charge in [0.25, 0.3) is 0 Å². The molecule has 22 heavy (non-hydrogen) atoms. The van der Waals surface area contributed by atoms with Gasteiger partial charge in [0.05, 0.1) is 0 Å². The molecule has 0 spiro atoms. The molecule has 1 aromatic rings. The Balaban J connectivity index is 1.61. The summed E-state index contributed by atoms with van der Waals surface area (Å²) in [5.41, 5.74) is 0.897. The van der Waals surface area contributed by atoms with Gasteiger partial charge in [0.15, 0.2) is 0 Å². The van der Waals surface area contributed by atoms with Crippen molar-refractivity contribution in [2.75, 3.05) is 11.4 Å². The van der Waals surface area contributed by atoms with Crippen LogP contribution in [0.25, 0.3) is 0 Å². The summed E-state index contributed by atoms with van der Waals surface area (Å²) < 4.78 is 0. The van der Waals surface area contributed by atoms with Gasteiger partial charge in [0, 0.05) is 24.2 Å². The summed E-state index contributed by atoms with van der Waals surface area (Å²) in [6.07, 6.45) is 3.29. The van der Waals surface area contributed by atoms with Crippen LogP contribution in [0.4, 0.5) is 5.69 Å². The molecule has 0 aliphatic carbocycles. The van der Waals surface area contributed by atoms with Crippen molar-refractivity contribution in [3.63, 3.8) is 0 Å². The molecular weight excluding hydrogens is 278 g/mol. The predicted octanol–water partition coefficient (Wildman–Crippen LogP) is 1.44. The molecule has 2 heterocycles. The van der Waals surface area contributed by atoms with Gasteiger partial charge in [-0.2, -0.15) is 0 Å². The summed E-state index contributed by atoms with van der Waals surface area (Å²) >= 11 is 0. The average Bonchev–Trinajstić information content (AvgIpc) is 3.09. The lowest BCUT2D eigenvalue weighted by atomic mass is 10.1. The Morgan fingerprint density at radius 1 is 1.36 bits per heavy atom. The monoisotopic (exact) mass is 301 g/mol. The molecule has 0 aromatic heterocycles. The van der Waals surface area contributed by atoms with Crippen LogP contribution >= 0.6 is 0 Å². The fourth-order valence-corrected chi connectivity index (χ4v) is 3.43. The van der Waals surface area contributed by atoms with Crippen molar-refractivity contribution in [1.82, 2.24) is 10.6 Å². The minimum atomic E-state index is -0.399. The summed E-state index contributed by atoms with van der Waals surface area (Å²) in [5, 5.41) is 6.23. The zero-order valence-electron chi connectivity index (χ0n) is 12.9. The first kappa shape index (κ1) is 15.0. The van der Waals surface area contributed by atoms with Gasteiger partial charge in [0.2, 0.25) is 11.8 Å². The maximum atomic E-state index is 12.6. The second-order valence-electron chi connectivity index (χ2n) is 6.25. The molecule has 0 bridgehead atoms.